The van der Waals surface area contributed by atoms with Crippen molar-refractivity contribution in [3.05, 3.63) is 96.1 Å². The zero-order valence-corrected chi connectivity index (χ0v) is 18.9. The summed E-state index contributed by atoms with van der Waals surface area (Å²) in [5, 5.41) is 10.7. The first kappa shape index (κ1) is 21.6. The SMILES string of the molecule is Cc1oc(-c2ccc(-c3ccccc3)cc2)nc1CN1CCC(C(O)c2ccccn2)CC1. The van der Waals surface area contributed by atoms with Crippen LogP contribution >= 0.6 is 0 Å². The molecule has 1 N–H and O–H groups in total. The van der Waals surface area contributed by atoms with Gasteiger partial charge in [-0.1, -0.05) is 48.5 Å². The molecule has 1 aliphatic heterocycles. The largest absolute Gasteiger partial charge is 0.441 e. The van der Waals surface area contributed by atoms with Crippen LogP contribution in [-0.2, 0) is 6.54 Å². The molecule has 0 amide bonds. The molecule has 5 rings (SSSR count). The monoisotopic (exact) mass is 439 g/mol. The van der Waals surface area contributed by atoms with Crippen molar-refractivity contribution in [2.24, 2.45) is 5.92 Å². The fourth-order valence-corrected chi connectivity index (χ4v) is 4.57. The number of benzene rings is 2. The maximum atomic E-state index is 10.7. The highest BCUT2D eigenvalue weighted by Gasteiger charge is 2.27. The molecule has 5 heteroatoms. The van der Waals surface area contributed by atoms with Crippen LogP contribution < -0.4 is 0 Å². The van der Waals surface area contributed by atoms with Gasteiger partial charge in [-0.25, -0.2) is 4.98 Å². The third-order valence-corrected chi connectivity index (χ3v) is 6.57. The van der Waals surface area contributed by atoms with Gasteiger partial charge in [-0.15, -0.1) is 0 Å². The number of aliphatic hydroxyl groups excluding tert-OH is 1. The quantitative estimate of drug-likeness (QED) is 0.420. The van der Waals surface area contributed by atoms with Gasteiger partial charge < -0.3 is 9.52 Å². The topological polar surface area (TPSA) is 62.4 Å². The Morgan fingerprint density at radius 2 is 1.58 bits per heavy atom. The molecule has 0 saturated carbocycles. The molecule has 168 valence electrons. The highest BCUT2D eigenvalue weighted by Crippen LogP contribution is 2.31. The van der Waals surface area contributed by atoms with Gasteiger partial charge >= 0.3 is 0 Å². The number of hydrogen-bond acceptors (Lipinski definition) is 5. The highest BCUT2D eigenvalue weighted by atomic mass is 16.4. The number of piperidine rings is 1. The van der Waals surface area contributed by atoms with E-state index in [2.05, 4.69) is 58.4 Å². The number of aromatic nitrogens is 2. The molecular formula is C28H29N3O2. The Hall–Kier alpha value is -3.28. The van der Waals surface area contributed by atoms with Crippen molar-refractivity contribution in [2.75, 3.05) is 13.1 Å². The second-order valence-electron chi connectivity index (χ2n) is 8.78. The molecule has 5 nitrogen and oxygen atoms in total. The predicted octanol–water partition coefficient (Wildman–Crippen LogP) is 5.66. The van der Waals surface area contributed by atoms with Gasteiger partial charge in [-0.2, -0.15) is 0 Å². The Kier molecular flexibility index (Phi) is 6.33. The van der Waals surface area contributed by atoms with Crippen LogP contribution in [0.4, 0.5) is 0 Å². The molecule has 0 aliphatic carbocycles. The first-order valence-electron chi connectivity index (χ1n) is 11.6. The number of aryl methyl sites for hydroxylation is 1. The summed E-state index contributed by atoms with van der Waals surface area (Å²) >= 11 is 0. The van der Waals surface area contributed by atoms with Gasteiger partial charge in [0.25, 0.3) is 0 Å². The standard InChI is InChI=1S/C28H29N3O2/c1-20-26(19-31-17-14-23(15-18-31)27(32)25-9-5-6-16-29-25)30-28(33-20)24-12-10-22(11-13-24)21-7-3-2-4-8-21/h2-13,16,23,27,32H,14-15,17-19H2,1H3. The summed E-state index contributed by atoms with van der Waals surface area (Å²) in [6, 6.07) is 24.4. The summed E-state index contributed by atoms with van der Waals surface area (Å²) < 4.78 is 6.02. The third-order valence-electron chi connectivity index (χ3n) is 6.57. The second kappa shape index (κ2) is 9.69. The maximum absolute atomic E-state index is 10.7. The summed E-state index contributed by atoms with van der Waals surface area (Å²) in [7, 11) is 0. The van der Waals surface area contributed by atoms with E-state index in [4.69, 9.17) is 9.40 Å². The van der Waals surface area contributed by atoms with E-state index < -0.39 is 6.10 Å². The Bertz CT molecular complexity index is 1170. The van der Waals surface area contributed by atoms with Crippen molar-refractivity contribution in [2.45, 2.75) is 32.4 Å². The summed E-state index contributed by atoms with van der Waals surface area (Å²) in [5.41, 5.74) is 5.12. The van der Waals surface area contributed by atoms with E-state index in [1.165, 1.54) is 11.1 Å². The predicted molar refractivity (Wildman–Crippen MR) is 129 cm³/mol. The number of oxazole rings is 1. The van der Waals surface area contributed by atoms with Crippen LogP contribution in [0.5, 0.6) is 0 Å². The molecule has 1 unspecified atom stereocenters. The summed E-state index contributed by atoms with van der Waals surface area (Å²) in [5.74, 6) is 1.78. The number of rotatable bonds is 6. The van der Waals surface area contributed by atoms with Crippen molar-refractivity contribution < 1.29 is 9.52 Å². The minimum Gasteiger partial charge on any atom is -0.441 e. The van der Waals surface area contributed by atoms with E-state index >= 15 is 0 Å². The smallest absolute Gasteiger partial charge is 0.226 e. The maximum Gasteiger partial charge on any atom is 0.226 e. The van der Waals surface area contributed by atoms with Crippen molar-refractivity contribution in [3.63, 3.8) is 0 Å². The number of nitrogens with zero attached hydrogens (tertiary/aromatic N) is 3. The fraction of sp³-hybridized carbons (Fsp3) is 0.286. The first-order valence-corrected chi connectivity index (χ1v) is 11.6. The molecule has 33 heavy (non-hydrogen) atoms. The Morgan fingerprint density at radius 1 is 0.909 bits per heavy atom. The lowest BCUT2D eigenvalue weighted by Crippen LogP contribution is -2.35. The molecule has 0 radical (unpaired) electrons. The van der Waals surface area contributed by atoms with Crippen molar-refractivity contribution in [1.29, 1.82) is 0 Å². The minimum absolute atomic E-state index is 0.244. The van der Waals surface area contributed by atoms with Crippen LogP contribution in [0, 0.1) is 12.8 Å². The number of likely N-dealkylation sites (tertiary alicyclic amines) is 1. The molecule has 1 atom stereocenters. The normalized spacial score (nSPS) is 16.1. The summed E-state index contributed by atoms with van der Waals surface area (Å²) in [4.78, 5) is 11.5. The number of aliphatic hydroxyl groups is 1. The van der Waals surface area contributed by atoms with E-state index in [-0.39, 0.29) is 5.92 Å². The Labute approximate surface area is 194 Å². The molecule has 4 aromatic rings. The van der Waals surface area contributed by atoms with E-state index in [1.807, 2.05) is 31.2 Å². The van der Waals surface area contributed by atoms with Gasteiger partial charge in [0.15, 0.2) is 0 Å². The van der Waals surface area contributed by atoms with Crippen LogP contribution in [0.1, 0.15) is 36.1 Å². The lowest BCUT2D eigenvalue weighted by atomic mass is 9.89. The first-order chi connectivity index (χ1) is 16.2. The number of hydrogen-bond donors (Lipinski definition) is 1. The van der Waals surface area contributed by atoms with Crippen molar-refractivity contribution in [3.8, 4) is 22.6 Å². The summed E-state index contributed by atoms with van der Waals surface area (Å²) in [6.45, 7) is 4.62. The van der Waals surface area contributed by atoms with E-state index in [1.54, 1.807) is 6.20 Å². The lowest BCUT2D eigenvalue weighted by Gasteiger charge is -2.33. The molecule has 3 heterocycles. The van der Waals surface area contributed by atoms with Crippen molar-refractivity contribution in [1.82, 2.24) is 14.9 Å². The van der Waals surface area contributed by atoms with Crippen LogP contribution in [0.15, 0.2) is 83.4 Å². The van der Waals surface area contributed by atoms with Crippen LogP contribution in [0.2, 0.25) is 0 Å². The van der Waals surface area contributed by atoms with Gasteiger partial charge in [0, 0.05) is 18.3 Å². The molecule has 1 fully saturated rings. The van der Waals surface area contributed by atoms with E-state index in [9.17, 15) is 5.11 Å². The molecule has 1 aliphatic rings. The fourth-order valence-electron chi connectivity index (χ4n) is 4.57. The van der Waals surface area contributed by atoms with E-state index in [0.29, 0.717) is 5.89 Å². The van der Waals surface area contributed by atoms with Gasteiger partial charge in [0.1, 0.15) is 5.76 Å². The minimum atomic E-state index is -0.493. The average Bonchev–Trinajstić information content (AvgIpc) is 3.25. The molecular weight excluding hydrogens is 410 g/mol. The molecule has 2 aromatic heterocycles. The Morgan fingerprint density at radius 3 is 2.27 bits per heavy atom. The Balaban J connectivity index is 1.21. The van der Waals surface area contributed by atoms with Gasteiger partial charge in [0.05, 0.1) is 17.5 Å². The van der Waals surface area contributed by atoms with Crippen LogP contribution in [-0.4, -0.2) is 33.1 Å². The second-order valence-corrected chi connectivity index (χ2v) is 8.78. The molecule has 2 aromatic carbocycles. The zero-order valence-electron chi connectivity index (χ0n) is 18.9. The lowest BCUT2D eigenvalue weighted by molar-refractivity contribution is 0.0536. The van der Waals surface area contributed by atoms with Gasteiger partial charge in [-0.05, 0) is 74.2 Å². The number of pyridine rings is 1. The van der Waals surface area contributed by atoms with Gasteiger partial charge in [0.2, 0.25) is 5.89 Å². The van der Waals surface area contributed by atoms with Crippen LogP contribution in [0.25, 0.3) is 22.6 Å². The average molecular weight is 440 g/mol. The van der Waals surface area contributed by atoms with E-state index in [0.717, 1.165) is 55.2 Å². The third kappa shape index (κ3) is 4.90. The highest BCUT2D eigenvalue weighted by molar-refractivity contribution is 5.67. The van der Waals surface area contributed by atoms with Gasteiger partial charge in [-0.3, -0.25) is 9.88 Å². The molecule has 0 spiro atoms. The summed E-state index contributed by atoms with van der Waals surface area (Å²) in [6.07, 6.45) is 3.14. The van der Waals surface area contributed by atoms with Crippen molar-refractivity contribution >= 4 is 0 Å². The molecule has 1 saturated heterocycles. The zero-order chi connectivity index (χ0) is 22.6. The van der Waals surface area contributed by atoms with Crippen LogP contribution in [0.3, 0.4) is 0 Å². The molecule has 0 bridgehead atoms.